The van der Waals surface area contributed by atoms with Crippen molar-refractivity contribution in [1.82, 2.24) is 5.32 Å². The minimum atomic E-state index is -0.835. The van der Waals surface area contributed by atoms with Crippen molar-refractivity contribution in [3.8, 4) is 0 Å². The maximum atomic E-state index is 10.7. The molecule has 116 valence electrons. The molecule has 3 nitrogen and oxygen atoms in total. The number of hydrogen-bond donors (Lipinski definition) is 2. The van der Waals surface area contributed by atoms with Gasteiger partial charge in [-0.2, -0.15) is 0 Å². The zero-order valence-electron chi connectivity index (χ0n) is 13.3. The first-order valence-electron chi connectivity index (χ1n) is 8.06. The van der Waals surface area contributed by atoms with Crippen LogP contribution in [0.1, 0.15) is 39.2 Å². The van der Waals surface area contributed by atoms with E-state index in [9.17, 15) is 5.11 Å². The van der Waals surface area contributed by atoms with Gasteiger partial charge >= 0.3 is 0 Å². The average Bonchev–Trinajstić information content (AvgIpc) is 2.48. The van der Waals surface area contributed by atoms with Crippen LogP contribution in [0.3, 0.4) is 0 Å². The quantitative estimate of drug-likeness (QED) is 0.895. The second-order valence-electron chi connectivity index (χ2n) is 7.42. The van der Waals surface area contributed by atoms with E-state index in [0.717, 1.165) is 18.6 Å². The van der Waals surface area contributed by atoms with Gasteiger partial charge < -0.3 is 15.2 Å². The minimum absolute atomic E-state index is 0.151. The van der Waals surface area contributed by atoms with Crippen LogP contribution in [0.2, 0.25) is 0 Å². The summed E-state index contributed by atoms with van der Waals surface area (Å²) in [4.78, 5) is 0. The van der Waals surface area contributed by atoms with Gasteiger partial charge in [0.2, 0.25) is 0 Å². The van der Waals surface area contributed by atoms with E-state index >= 15 is 0 Å². The Morgan fingerprint density at radius 3 is 2.76 bits per heavy atom. The molecule has 0 radical (unpaired) electrons. The largest absolute Gasteiger partial charge is 0.384 e. The predicted molar refractivity (Wildman–Crippen MR) is 84.0 cm³/mol. The van der Waals surface area contributed by atoms with E-state index in [2.05, 4.69) is 19.2 Å². The summed E-state index contributed by atoms with van der Waals surface area (Å²) in [5, 5.41) is 14.3. The molecule has 0 bridgehead atoms. The molecule has 2 aliphatic rings. The fourth-order valence-corrected chi connectivity index (χ4v) is 4.14. The highest BCUT2D eigenvalue weighted by atomic mass is 16.5. The van der Waals surface area contributed by atoms with Crippen LogP contribution in [-0.2, 0) is 10.3 Å². The van der Waals surface area contributed by atoms with Crippen LogP contribution >= 0.6 is 0 Å². The van der Waals surface area contributed by atoms with Gasteiger partial charge in [-0.1, -0.05) is 44.2 Å². The van der Waals surface area contributed by atoms with Gasteiger partial charge in [0, 0.05) is 30.5 Å². The van der Waals surface area contributed by atoms with Crippen LogP contribution in [0.4, 0.5) is 0 Å². The van der Waals surface area contributed by atoms with Crippen LogP contribution in [-0.4, -0.2) is 30.4 Å². The van der Waals surface area contributed by atoms with Gasteiger partial charge in [0.15, 0.2) is 0 Å². The molecule has 1 heterocycles. The highest BCUT2D eigenvalue weighted by Crippen LogP contribution is 2.51. The fraction of sp³-hybridized carbons (Fsp3) is 0.667. The highest BCUT2D eigenvalue weighted by molar-refractivity contribution is 5.22. The van der Waals surface area contributed by atoms with Crippen molar-refractivity contribution in [1.29, 1.82) is 0 Å². The van der Waals surface area contributed by atoms with E-state index in [-0.39, 0.29) is 5.41 Å². The van der Waals surface area contributed by atoms with E-state index in [1.165, 1.54) is 6.42 Å². The predicted octanol–water partition coefficient (Wildman–Crippen LogP) is 2.69. The number of benzene rings is 1. The SMILES string of the molecule is CC(O)(CNC1C2CCCOC2C1(C)C)c1ccccc1. The molecule has 1 saturated carbocycles. The van der Waals surface area contributed by atoms with Gasteiger partial charge in [-0.3, -0.25) is 0 Å². The van der Waals surface area contributed by atoms with Gasteiger partial charge in [-0.05, 0) is 25.3 Å². The molecule has 1 aromatic rings. The van der Waals surface area contributed by atoms with Crippen molar-refractivity contribution in [2.75, 3.05) is 13.2 Å². The number of aliphatic hydroxyl groups is 1. The average molecular weight is 289 g/mol. The number of hydrogen-bond acceptors (Lipinski definition) is 3. The Bertz CT molecular complexity index is 483. The Morgan fingerprint density at radius 1 is 1.33 bits per heavy atom. The molecule has 1 saturated heterocycles. The molecule has 2 fully saturated rings. The van der Waals surface area contributed by atoms with E-state index in [4.69, 9.17) is 4.74 Å². The van der Waals surface area contributed by atoms with Crippen molar-refractivity contribution in [2.45, 2.75) is 51.4 Å². The smallest absolute Gasteiger partial charge is 0.0992 e. The molecule has 3 heteroatoms. The van der Waals surface area contributed by atoms with Gasteiger partial charge in [0.05, 0.1) is 11.7 Å². The molecule has 4 unspecified atom stereocenters. The van der Waals surface area contributed by atoms with E-state index < -0.39 is 5.60 Å². The van der Waals surface area contributed by atoms with E-state index in [1.807, 2.05) is 37.3 Å². The number of ether oxygens (including phenoxy) is 1. The standard InChI is InChI=1S/C18H27NO2/c1-17(2)15(14-10-7-11-21-16(14)17)19-12-18(3,20)13-8-5-4-6-9-13/h4-6,8-9,14-16,19-20H,7,10-12H2,1-3H3. The van der Waals surface area contributed by atoms with Crippen LogP contribution in [0.25, 0.3) is 0 Å². The summed E-state index contributed by atoms with van der Waals surface area (Å²) in [6.07, 6.45) is 2.77. The third-order valence-electron chi connectivity index (χ3n) is 5.39. The molecule has 1 aromatic carbocycles. The van der Waals surface area contributed by atoms with Crippen LogP contribution in [0.15, 0.2) is 30.3 Å². The lowest BCUT2D eigenvalue weighted by Gasteiger charge is -2.60. The second-order valence-corrected chi connectivity index (χ2v) is 7.42. The maximum Gasteiger partial charge on any atom is 0.0992 e. The first-order valence-corrected chi connectivity index (χ1v) is 8.06. The minimum Gasteiger partial charge on any atom is -0.384 e. The summed E-state index contributed by atoms with van der Waals surface area (Å²) in [5.41, 5.74) is 0.279. The zero-order chi connectivity index (χ0) is 15.1. The molecule has 0 amide bonds. The highest BCUT2D eigenvalue weighted by Gasteiger charge is 2.57. The molecule has 0 aromatic heterocycles. The van der Waals surface area contributed by atoms with Gasteiger partial charge in [-0.25, -0.2) is 0 Å². The third-order valence-corrected chi connectivity index (χ3v) is 5.39. The molecule has 1 aliphatic carbocycles. The van der Waals surface area contributed by atoms with Gasteiger partial charge in [0.25, 0.3) is 0 Å². The lowest BCUT2D eigenvalue weighted by atomic mass is 9.55. The van der Waals surface area contributed by atoms with Crippen molar-refractivity contribution in [3.63, 3.8) is 0 Å². The normalized spacial score (nSPS) is 33.6. The Balaban J connectivity index is 1.65. The molecular weight excluding hydrogens is 262 g/mol. The van der Waals surface area contributed by atoms with Crippen molar-refractivity contribution in [3.05, 3.63) is 35.9 Å². The number of fused-ring (bicyclic) bond motifs is 1. The molecule has 21 heavy (non-hydrogen) atoms. The van der Waals surface area contributed by atoms with Crippen LogP contribution in [0.5, 0.6) is 0 Å². The summed E-state index contributed by atoms with van der Waals surface area (Å²) in [6.45, 7) is 7.91. The topological polar surface area (TPSA) is 41.5 Å². The monoisotopic (exact) mass is 289 g/mol. The lowest BCUT2D eigenvalue weighted by molar-refractivity contribution is -0.194. The molecular formula is C18H27NO2. The molecule has 3 rings (SSSR count). The Labute approximate surface area is 127 Å². The van der Waals surface area contributed by atoms with Crippen molar-refractivity contribution in [2.24, 2.45) is 11.3 Å². The second kappa shape index (κ2) is 5.38. The summed E-state index contributed by atoms with van der Waals surface area (Å²) >= 11 is 0. The number of rotatable bonds is 4. The summed E-state index contributed by atoms with van der Waals surface area (Å²) in [5.74, 6) is 0.598. The third kappa shape index (κ3) is 2.63. The van der Waals surface area contributed by atoms with Gasteiger partial charge in [-0.15, -0.1) is 0 Å². The lowest BCUT2D eigenvalue weighted by Crippen LogP contribution is -2.70. The van der Waals surface area contributed by atoms with E-state index in [0.29, 0.717) is 24.6 Å². The fourth-order valence-electron chi connectivity index (χ4n) is 4.14. The van der Waals surface area contributed by atoms with Crippen LogP contribution < -0.4 is 5.32 Å². The first kappa shape index (κ1) is 15.0. The summed E-state index contributed by atoms with van der Waals surface area (Å²) < 4.78 is 5.94. The molecule has 0 spiro atoms. The van der Waals surface area contributed by atoms with Gasteiger partial charge in [0.1, 0.15) is 0 Å². The molecule has 1 aliphatic heterocycles. The number of nitrogens with one attached hydrogen (secondary N) is 1. The zero-order valence-corrected chi connectivity index (χ0v) is 13.3. The van der Waals surface area contributed by atoms with E-state index in [1.54, 1.807) is 0 Å². The van der Waals surface area contributed by atoms with Crippen LogP contribution in [0, 0.1) is 11.3 Å². The Morgan fingerprint density at radius 2 is 2.05 bits per heavy atom. The van der Waals surface area contributed by atoms with Crippen molar-refractivity contribution >= 4 is 0 Å². The molecule has 4 atom stereocenters. The maximum absolute atomic E-state index is 10.7. The Hall–Kier alpha value is -0.900. The summed E-state index contributed by atoms with van der Waals surface area (Å²) in [6, 6.07) is 10.3. The molecule has 2 N–H and O–H groups in total. The first-order chi connectivity index (χ1) is 9.93. The van der Waals surface area contributed by atoms with Crippen molar-refractivity contribution < 1.29 is 9.84 Å². The Kier molecular flexibility index (Phi) is 3.85. The summed E-state index contributed by atoms with van der Waals surface area (Å²) in [7, 11) is 0.